The van der Waals surface area contributed by atoms with Crippen molar-refractivity contribution in [1.29, 1.82) is 0 Å². The van der Waals surface area contributed by atoms with E-state index in [1.807, 2.05) is 0 Å². The van der Waals surface area contributed by atoms with E-state index in [0.29, 0.717) is 12.0 Å². The van der Waals surface area contributed by atoms with Crippen molar-refractivity contribution in [2.45, 2.75) is 11.3 Å². The van der Waals surface area contributed by atoms with E-state index < -0.39 is 5.97 Å². The Morgan fingerprint density at radius 2 is 2.21 bits per heavy atom. The summed E-state index contributed by atoms with van der Waals surface area (Å²) in [4.78, 5) is 23.2. The Morgan fingerprint density at radius 1 is 1.43 bits per heavy atom. The van der Waals surface area contributed by atoms with Gasteiger partial charge in [-0.1, -0.05) is 6.07 Å². The van der Waals surface area contributed by atoms with E-state index in [-0.39, 0.29) is 11.3 Å². The van der Waals surface area contributed by atoms with Crippen LogP contribution in [0.15, 0.2) is 23.1 Å². The van der Waals surface area contributed by atoms with Crippen LogP contribution in [0.2, 0.25) is 0 Å². The maximum absolute atomic E-state index is 11.5. The number of ketones is 1. The average molecular weight is 208 g/mol. The predicted molar refractivity (Wildman–Crippen MR) is 53.1 cm³/mol. The number of thioether (sulfide) groups is 1. The third kappa shape index (κ3) is 1.42. The summed E-state index contributed by atoms with van der Waals surface area (Å²) in [5.74, 6) is -0.344. The van der Waals surface area contributed by atoms with Crippen molar-refractivity contribution >= 4 is 23.5 Å². The lowest BCUT2D eigenvalue weighted by atomic mass is 10.0. The van der Waals surface area contributed by atoms with Crippen LogP contribution in [0.4, 0.5) is 0 Å². The van der Waals surface area contributed by atoms with E-state index in [0.717, 1.165) is 10.6 Å². The van der Waals surface area contributed by atoms with Crippen molar-refractivity contribution in [2.24, 2.45) is 0 Å². The van der Waals surface area contributed by atoms with Gasteiger partial charge in [-0.25, -0.2) is 4.79 Å². The monoisotopic (exact) mass is 208 g/mol. The molecule has 1 aromatic rings. The van der Waals surface area contributed by atoms with Crippen molar-refractivity contribution in [2.75, 3.05) is 5.75 Å². The largest absolute Gasteiger partial charge is 0.478 e. The van der Waals surface area contributed by atoms with Gasteiger partial charge in [0.15, 0.2) is 5.78 Å². The van der Waals surface area contributed by atoms with E-state index in [4.69, 9.17) is 5.11 Å². The predicted octanol–water partition coefficient (Wildman–Crippen LogP) is 2.06. The fourth-order valence-corrected chi connectivity index (χ4v) is 2.55. The lowest BCUT2D eigenvalue weighted by Crippen LogP contribution is -2.14. The van der Waals surface area contributed by atoms with Crippen LogP contribution in [0.25, 0.3) is 0 Å². The molecule has 0 spiro atoms. The maximum atomic E-state index is 11.5. The summed E-state index contributed by atoms with van der Waals surface area (Å²) >= 11 is 1.54. The first-order valence-electron chi connectivity index (χ1n) is 4.22. The number of benzene rings is 1. The van der Waals surface area contributed by atoms with Crippen LogP contribution >= 0.6 is 11.8 Å². The second-order valence-corrected chi connectivity index (χ2v) is 4.14. The van der Waals surface area contributed by atoms with Gasteiger partial charge in [0, 0.05) is 22.6 Å². The maximum Gasteiger partial charge on any atom is 0.336 e. The molecular formula is C10H8O3S. The summed E-state index contributed by atoms with van der Waals surface area (Å²) in [6, 6.07) is 4.95. The molecule has 0 unspecified atom stereocenters. The minimum Gasteiger partial charge on any atom is -0.478 e. The van der Waals surface area contributed by atoms with Gasteiger partial charge in [-0.3, -0.25) is 4.79 Å². The van der Waals surface area contributed by atoms with Crippen LogP contribution < -0.4 is 0 Å². The van der Waals surface area contributed by atoms with Crippen LogP contribution in [0, 0.1) is 0 Å². The van der Waals surface area contributed by atoms with Gasteiger partial charge >= 0.3 is 5.97 Å². The molecule has 0 saturated heterocycles. The van der Waals surface area contributed by atoms with Crippen LogP contribution in [0.3, 0.4) is 0 Å². The van der Waals surface area contributed by atoms with Gasteiger partial charge in [0.25, 0.3) is 0 Å². The smallest absolute Gasteiger partial charge is 0.336 e. The highest BCUT2D eigenvalue weighted by Gasteiger charge is 2.23. The van der Waals surface area contributed by atoms with Gasteiger partial charge in [0.1, 0.15) is 0 Å². The Balaban J connectivity index is 2.63. The van der Waals surface area contributed by atoms with E-state index >= 15 is 0 Å². The molecule has 4 heteroatoms. The molecule has 0 saturated carbocycles. The number of fused-ring (bicyclic) bond motifs is 1. The summed E-state index contributed by atoms with van der Waals surface area (Å²) in [5, 5.41) is 8.90. The normalized spacial score (nSPS) is 15.0. The SMILES string of the molecule is O=C(O)c1cccc2c1C(=O)CCS2. The standard InChI is InChI=1S/C10H8O3S/c11-7-4-5-14-8-3-1-2-6(9(7)8)10(12)13/h1-3H,4-5H2,(H,12,13). The van der Waals surface area contributed by atoms with Crippen molar-refractivity contribution in [3.63, 3.8) is 0 Å². The summed E-state index contributed by atoms with van der Waals surface area (Å²) in [5.41, 5.74) is 0.510. The van der Waals surface area contributed by atoms with E-state index in [2.05, 4.69) is 0 Å². The third-order valence-corrected chi connectivity index (χ3v) is 3.18. The molecule has 0 fully saturated rings. The lowest BCUT2D eigenvalue weighted by Gasteiger charge is -2.15. The van der Waals surface area contributed by atoms with Gasteiger partial charge in [-0.05, 0) is 12.1 Å². The Bertz CT molecular complexity index is 412. The molecule has 0 bridgehead atoms. The Kier molecular flexibility index (Phi) is 2.29. The number of carbonyl (C=O) groups is 2. The van der Waals surface area contributed by atoms with Gasteiger partial charge < -0.3 is 5.11 Å². The van der Waals surface area contributed by atoms with Crippen LogP contribution in [0.5, 0.6) is 0 Å². The molecule has 0 aliphatic carbocycles. The van der Waals surface area contributed by atoms with E-state index in [1.54, 1.807) is 12.1 Å². The number of hydrogen-bond donors (Lipinski definition) is 1. The molecule has 72 valence electrons. The first kappa shape index (κ1) is 9.27. The second-order valence-electron chi connectivity index (χ2n) is 3.01. The summed E-state index contributed by atoms with van der Waals surface area (Å²) in [6.45, 7) is 0. The molecule has 1 N–H and O–H groups in total. The van der Waals surface area contributed by atoms with Gasteiger partial charge in [0.2, 0.25) is 0 Å². The number of Topliss-reactive ketones (excluding diaryl/α,β-unsaturated/α-hetero) is 1. The quantitative estimate of drug-likeness (QED) is 0.767. The zero-order chi connectivity index (χ0) is 10.1. The van der Waals surface area contributed by atoms with Crippen LogP contribution in [-0.2, 0) is 0 Å². The number of hydrogen-bond acceptors (Lipinski definition) is 3. The molecule has 2 rings (SSSR count). The Labute approximate surface area is 85.1 Å². The lowest BCUT2D eigenvalue weighted by molar-refractivity contribution is 0.0691. The van der Waals surface area contributed by atoms with Gasteiger partial charge in [0.05, 0.1) is 5.56 Å². The summed E-state index contributed by atoms with van der Waals surface area (Å²) < 4.78 is 0. The molecule has 1 heterocycles. The van der Waals surface area contributed by atoms with Gasteiger partial charge in [-0.2, -0.15) is 0 Å². The topological polar surface area (TPSA) is 54.4 Å². The summed E-state index contributed by atoms with van der Waals surface area (Å²) in [7, 11) is 0. The molecule has 0 radical (unpaired) electrons. The first-order chi connectivity index (χ1) is 6.70. The molecule has 0 aromatic heterocycles. The highest BCUT2D eigenvalue weighted by Crippen LogP contribution is 2.31. The van der Waals surface area contributed by atoms with Crippen molar-refractivity contribution in [3.05, 3.63) is 29.3 Å². The number of carboxylic acids is 1. The molecule has 1 aliphatic heterocycles. The molecular weight excluding hydrogens is 200 g/mol. The van der Waals surface area contributed by atoms with E-state index in [1.165, 1.54) is 17.8 Å². The molecule has 14 heavy (non-hydrogen) atoms. The first-order valence-corrected chi connectivity index (χ1v) is 5.21. The Morgan fingerprint density at radius 3 is 2.93 bits per heavy atom. The number of aromatic carboxylic acids is 1. The molecule has 1 aliphatic rings. The molecule has 1 aromatic carbocycles. The van der Waals surface area contributed by atoms with Crippen LogP contribution in [0.1, 0.15) is 27.1 Å². The number of carbonyl (C=O) groups excluding carboxylic acids is 1. The van der Waals surface area contributed by atoms with Crippen molar-refractivity contribution < 1.29 is 14.7 Å². The van der Waals surface area contributed by atoms with E-state index in [9.17, 15) is 9.59 Å². The summed E-state index contributed by atoms with van der Waals surface area (Å²) in [6.07, 6.45) is 0.432. The molecule has 3 nitrogen and oxygen atoms in total. The fraction of sp³-hybridized carbons (Fsp3) is 0.200. The Hall–Kier alpha value is -1.29. The molecule has 0 amide bonds. The van der Waals surface area contributed by atoms with Crippen molar-refractivity contribution in [1.82, 2.24) is 0 Å². The highest BCUT2D eigenvalue weighted by atomic mass is 32.2. The highest BCUT2D eigenvalue weighted by molar-refractivity contribution is 7.99. The zero-order valence-corrected chi connectivity index (χ0v) is 8.13. The van der Waals surface area contributed by atoms with Crippen LogP contribution in [-0.4, -0.2) is 22.6 Å². The fourth-order valence-electron chi connectivity index (χ4n) is 1.50. The third-order valence-electron chi connectivity index (χ3n) is 2.12. The number of carboxylic acid groups (broad SMARTS) is 1. The minimum absolute atomic E-state index is 0.0586. The minimum atomic E-state index is -1.03. The van der Waals surface area contributed by atoms with Gasteiger partial charge in [-0.15, -0.1) is 11.8 Å². The second kappa shape index (κ2) is 3.46. The zero-order valence-electron chi connectivity index (χ0n) is 7.32. The van der Waals surface area contributed by atoms with Crippen molar-refractivity contribution in [3.8, 4) is 0 Å². The number of rotatable bonds is 1. The average Bonchev–Trinajstić information content (AvgIpc) is 2.17. The molecule has 0 atom stereocenters.